The van der Waals surface area contributed by atoms with Gasteiger partial charge in [0, 0.05) is 23.8 Å². The molecule has 0 saturated carbocycles. The summed E-state index contributed by atoms with van der Waals surface area (Å²) in [7, 11) is 0. The van der Waals surface area contributed by atoms with Crippen LogP contribution < -0.4 is 10.6 Å². The summed E-state index contributed by atoms with van der Waals surface area (Å²) in [6.07, 6.45) is 2.43. The van der Waals surface area contributed by atoms with E-state index in [9.17, 15) is 4.79 Å². The lowest BCUT2D eigenvalue weighted by atomic mass is 10.1. The van der Waals surface area contributed by atoms with E-state index in [0.717, 1.165) is 12.2 Å². The fourth-order valence-corrected chi connectivity index (χ4v) is 2.00. The van der Waals surface area contributed by atoms with Gasteiger partial charge in [0.2, 0.25) is 0 Å². The van der Waals surface area contributed by atoms with Crippen LogP contribution in [0, 0.1) is 5.92 Å². The molecule has 1 unspecified atom stereocenters. The van der Waals surface area contributed by atoms with Crippen LogP contribution in [0.2, 0.25) is 0 Å². The second-order valence-corrected chi connectivity index (χ2v) is 5.48. The third-order valence-electron chi connectivity index (χ3n) is 2.98. The van der Waals surface area contributed by atoms with Crippen molar-refractivity contribution in [2.75, 3.05) is 11.9 Å². The van der Waals surface area contributed by atoms with Gasteiger partial charge in [0.15, 0.2) is 0 Å². The van der Waals surface area contributed by atoms with Gasteiger partial charge in [0.25, 0.3) is 5.91 Å². The number of amides is 1. The van der Waals surface area contributed by atoms with Gasteiger partial charge < -0.3 is 10.6 Å². The molecule has 0 bridgehead atoms. The average Bonchev–Trinajstić information content (AvgIpc) is 2.36. The Kier molecular flexibility index (Phi) is 6.40. The maximum atomic E-state index is 11.9. The first-order valence-corrected chi connectivity index (χ1v) is 7.17. The zero-order chi connectivity index (χ0) is 14.3. The first-order chi connectivity index (χ1) is 9.02. The number of carbonyl (C=O) groups is 1. The molecular formula is C16H26N2O. The summed E-state index contributed by atoms with van der Waals surface area (Å²) in [4.78, 5) is 11.9. The van der Waals surface area contributed by atoms with E-state index in [0.29, 0.717) is 11.5 Å². The molecule has 0 aliphatic carbocycles. The van der Waals surface area contributed by atoms with Gasteiger partial charge in [-0.05, 0) is 44.4 Å². The van der Waals surface area contributed by atoms with Crippen molar-refractivity contribution in [3.8, 4) is 0 Å². The van der Waals surface area contributed by atoms with Crippen molar-refractivity contribution in [1.29, 1.82) is 0 Å². The largest absolute Gasteiger partial charge is 0.385 e. The number of hydrogen-bond donors (Lipinski definition) is 2. The minimum Gasteiger partial charge on any atom is -0.385 e. The molecule has 1 aromatic rings. The minimum absolute atomic E-state index is 0.0137. The van der Waals surface area contributed by atoms with Gasteiger partial charge in [0.05, 0.1) is 0 Å². The van der Waals surface area contributed by atoms with Gasteiger partial charge in [-0.15, -0.1) is 0 Å². The first-order valence-electron chi connectivity index (χ1n) is 7.17. The molecule has 0 fully saturated rings. The Labute approximate surface area is 116 Å². The van der Waals surface area contributed by atoms with Crippen molar-refractivity contribution in [3.05, 3.63) is 29.8 Å². The number of carbonyl (C=O) groups excluding carboxylic acids is 1. The molecule has 0 aromatic heterocycles. The van der Waals surface area contributed by atoms with Crippen molar-refractivity contribution in [2.24, 2.45) is 5.92 Å². The quantitative estimate of drug-likeness (QED) is 0.787. The van der Waals surface area contributed by atoms with Gasteiger partial charge in [-0.2, -0.15) is 0 Å². The molecule has 19 heavy (non-hydrogen) atoms. The molecule has 3 heteroatoms. The third-order valence-corrected chi connectivity index (χ3v) is 2.98. The molecule has 1 amide bonds. The summed E-state index contributed by atoms with van der Waals surface area (Å²) in [5.41, 5.74) is 1.72. The van der Waals surface area contributed by atoms with Crippen LogP contribution >= 0.6 is 0 Å². The van der Waals surface area contributed by atoms with E-state index >= 15 is 0 Å². The third kappa shape index (κ3) is 5.77. The fraction of sp³-hybridized carbons (Fsp3) is 0.562. The Morgan fingerprint density at radius 3 is 2.63 bits per heavy atom. The second-order valence-electron chi connectivity index (χ2n) is 5.48. The highest BCUT2D eigenvalue weighted by atomic mass is 16.1. The van der Waals surface area contributed by atoms with Gasteiger partial charge in [-0.3, -0.25) is 4.79 Å². The lowest BCUT2D eigenvalue weighted by Crippen LogP contribution is -2.30. The van der Waals surface area contributed by atoms with Crippen molar-refractivity contribution >= 4 is 11.6 Å². The number of benzene rings is 1. The molecule has 1 rings (SSSR count). The summed E-state index contributed by atoms with van der Waals surface area (Å²) in [5.74, 6) is 0.637. The van der Waals surface area contributed by atoms with Crippen LogP contribution in [-0.2, 0) is 0 Å². The molecule has 2 N–H and O–H groups in total. The first kappa shape index (κ1) is 15.5. The standard InChI is InChI=1S/C16H26N2O/c1-5-7-13(4)11-17-15-9-6-8-14(10-15)16(19)18-12(2)3/h6,8-10,12-13,17H,5,7,11H2,1-4H3,(H,18,19). The van der Waals surface area contributed by atoms with Crippen molar-refractivity contribution in [3.63, 3.8) is 0 Å². The summed E-state index contributed by atoms with van der Waals surface area (Å²) in [6, 6.07) is 7.84. The number of anilines is 1. The highest BCUT2D eigenvalue weighted by Gasteiger charge is 2.07. The molecule has 0 radical (unpaired) electrons. The van der Waals surface area contributed by atoms with E-state index in [1.165, 1.54) is 12.8 Å². The smallest absolute Gasteiger partial charge is 0.251 e. The maximum absolute atomic E-state index is 11.9. The summed E-state index contributed by atoms with van der Waals surface area (Å²) < 4.78 is 0. The molecule has 0 aliphatic heterocycles. The molecule has 0 spiro atoms. The van der Waals surface area contributed by atoms with Crippen LogP contribution in [0.3, 0.4) is 0 Å². The van der Waals surface area contributed by atoms with E-state index in [-0.39, 0.29) is 11.9 Å². The number of nitrogens with one attached hydrogen (secondary N) is 2. The van der Waals surface area contributed by atoms with Crippen molar-refractivity contribution in [1.82, 2.24) is 5.32 Å². The van der Waals surface area contributed by atoms with Gasteiger partial charge in [-0.1, -0.05) is 26.3 Å². The van der Waals surface area contributed by atoms with E-state index in [2.05, 4.69) is 24.5 Å². The number of hydrogen-bond acceptors (Lipinski definition) is 2. The SMILES string of the molecule is CCCC(C)CNc1cccc(C(=O)NC(C)C)c1. The molecule has 1 atom stereocenters. The predicted molar refractivity (Wildman–Crippen MR) is 81.6 cm³/mol. The molecule has 3 nitrogen and oxygen atoms in total. The molecule has 0 saturated heterocycles. The van der Waals surface area contributed by atoms with Crippen molar-refractivity contribution < 1.29 is 4.79 Å². The van der Waals surface area contributed by atoms with E-state index in [1.54, 1.807) is 0 Å². The Morgan fingerprint density at radius 1 is 1.26 bits per heavy atom. The van der Waals surface area contributed by atoms with Crippen LogP contribution in [-0.4, -0.2) is 18.5 Å². The van der Waals surface area contributed by atoms with Crippen LogP contribution in [0.5, 0.6) is 0 Å². The highest BCUT2D eigenvalue weighted by molar-refractivity contribution is 5.95. The monoisotopic (exact) mass is 262 g/mol. The zero-order valence-electron chi connectivity index (χ0n) is 12.5. The van der Waals surface area contributed by atoms with Crippen LogP contribution in [0.4, 0.5) is 5.69 Å². The number of rotatable bonds is 7. The van der Waals surface area contributed by atoms with Gasteiger partial charge >= 0.3 is 0 Å². The van der Waals surface area contributed by atoms with Crippen molar-refractivity contribution in [2.45, 2.75) is 46.6 Å². The fourth-order valence-electron chi connectivity index (χ4n) is 2.00. The van der Waals surface area contributed by atoms with Crippen LogP contribution in [0.15, 0.2) is 24.3 Å². The predicted octanol–water partition coefficient (Wildman–Crippen LogP) is 3.67. The maximum Gasteiger partial charge on any atom is 0.251 e. The summed E-state index contributed by atoms with van der Waals surface area (Å²) >= 11 is 0. The average molecular weight is 262 g/mol. The molecule has 0 aliphatic rings. The topological polar surface area (TPSA) is 41.1 Å². The molecule has 0 heterocycles. The molecule has 1 aromatic carbocycles. The lowest BCUT2D eigenvalue weighted by Gasteiger charge is -2.14. The summed E-state index contributed by atoms with van der Waals surface area (Å²) in [6.45, 7) is 9.32. The second kappa shape index (κ2) is 7.82. The molecule has 106 valence electrons. The lowest BCUT2D eigenvalue weighted by molar-refractivity contribution is 0.0943. The minimum atomic E-state index is -0.0137. The Bertz CT molecular complexity index is 401. The zero-order valence-corrected chi connectivity index (χ0v) is 12.5. The van der Waals surface area contributed by atoms with E-state index in [1.807, 2.05) is 38.1 Å². The van der Waals surface area contributed by atoms with Crippen LogP contribution in [0.1, 0.15) is 50.9 Å². The Morgan fingerprint density at radius 2 is 2.00 bits per heavy atom. The van der Waals surface area contributed by atoms with Gasteiger partial charge in [-0.25, -0.2) is 0 Å². The Balaban J connectivity index is 2.59. The van der Waals surface area contributed by atoms with E-state index in [4.69, 9.17) is 0 Å². The normalized spacial score (nSPS) is 12.3. The Hall–Kier alpha value is -1.51. The summed E-state index contributed by atoms with van der Waals surface area (Å²) in [5, 5.41) is 6.30. The highest BCUT2D eigenvalue weighted by Crippen LogP contribution is 2.13. The van der Waals surface area contributed by atoms with Gasteiger partial charge in [0.1, 0.15) is 0 Å². The van der Waals surface area contributed by atoms with E-state index < -0.39 is 0 Å². The molecular weight excluding hydrogens is 236 g/mol. The van der Waals surface area contributed by atoms with Crippen LogP contribution in [0.25, 0.3) is 0 Å².